The van der Waals surface area contributed by atoms with Crippen LogP contribution in [0.15, 0.2) is 24.3 Å². The maximum atomic E-state index is 12.5. The second-order valence-electron chi connectivity index (χ2n) is 5.73. The Kier molecular flexibility index (Phi) is 5.31. The van der Waals surface area contributed by atoms with Crippen molar-refractivity contribution in [3.8, 4) is 5.75 Å². The number of aromatic nitrogens is 2. The molecule has 1 aromatic heterocycles. The van der Waals surface area contributed by atoms with Crippen LogP contribution in [0.5, 0.6) is 5.75 Å². The molecule has 1 fully saturated rings. The number of hydrogen-bond donors (Lipinski definition) is 1. The van der Waals surface area contributed by atoms with Crippen molar-refractivity contribution in [3.05, 3.63) is 29.3 Å². The van der Waals surface area contributed by atoms with Crippen molar-refractivity contribution >= 4 is 34.0 Å². The third-order valence-corrected chi connectivity index (χ3v) is 4.74. The minimum atomic E-state index is -4.62. The summed E-state index contributed by atoms with van der Waals surface area (Å²) < 4.78 is 43.0. The molecule has 0 bridgehead atoms. The molecule has 0 unspecified atom stereocenters. The lowest BCUT2D eigenvalue weighted by atomic mass is 10.1. The summed E-state index contributed by atoms with van der Waals surface area (Å²) in [6.07, 6.45) is -4.65. The summed E-state index contributed by atoms with van der Waals surface area (Å²) >= 11 is 0.240. The summed E-state index contributed by atoms with van der Waals surface area (Å²) in [5, 5.41) is 7.24. The highest BCUT2D eigenvalue weighted by Crippen LogP contribution is 2.33. The minimum absolute atomic E-state index is 0.0377. The van der Waals surface area contributed by atoms with E-state index in [2.05, 4.69) is 15.5 Å². The molecule has 2 heterocycles. The number of rotatable bonds is 5. The molecule has 1 aliphatic rings. The first-order chi connectivity index (χ1) is 12.8. The molecule has 0 saturated carbocycles. The van der Waals surface area contributed by atoms with Gasteiger partial charge in [0.05, 0.1) is 12.5 Å². The van der Waals surface area contributed by atoms with E-state index >= 15 is 0 Å². The molecule has 0 aliphatic carbocycles. The number of halogens is 3. The van der Waals surface area contributed by atoms with Gasteiger partial charge in [-0.05, 0) is 31.2 Å². The summed E-state index contributed by atoms with van der Waals surface area (Å²) in [5.74, 6) is -0.838. The van der Waals surface area contributed by atoms with Crippen LogP contribution in [-0.2, 0) is 15.8 Å². The van der Waals surface area contributed by atoms with Crippen LogP contribution in [0.25, 0.3) is 0 Å². The van der Waals surface area contributed by atoms with Crippen LogP contribution < -0.4 is 15.0 Å². The molecular weight excluding hydrogens is 385 g/mol. The van der Waals surface area contributed by atoms with Crippen molar-refractivity contribution in [2.24, 2.45) is 5.92 Å². The molecule has 2 amide bonds. The number of nitrogens with zero attached hydrogens (tertiary/aromatic N) is 3. The average molecular weight is 400 g/mol. The monoisotopic (exact) mass is 400 g/mol. The Morgan fingerprint density at radius 3 is 2.63 bits per heavy atom. The van der Waals surface area contributed by atoms with Gasteiger partial charge in [-0.25, -0.2) is 0 Å². The predicted octanol–water partition coefficient (Wildman–Crippen LogP) is 2.95. The molecular formula is C16H15F3N4O3S. The van der Waals surface area contributed by atoms with Crippen LogP contribution in [0.4, 0.5) is 24.0 Å². The highest BCUT2D eigenvalue weighted by molar-refractivity contribution is 7.15. The summed E-state index contributed by atoms with van der Waals surface area (Å²) in [7, 11) is 0. The third kappa shape index (κ3) is 4.35. The topological polar surface area (TPSA) is 84.4 Å². The number of benzene rings is 1. The van der Waals surface area contributed by atoms with Gasteiger partial charge in [-0.15, -0.1) is 10.2 Å². The van der Waals surface area contributed by atoms with Crippen LogP contribution in [-0.4, -0.2) is 35.2 Å². The molecule has 1 aliphatic heterocycles. The zero-order chi connectivity index (χ0) is 19.6. The molecule has 7 nitrogen and oxygen atoms in total. The maximum absolute atomic E-state index is 12.5. The number of carbonyl (C=O) groups is 2. The summed E-state index contributed by atoms with van der Waals surface area (Å²) in [6.45, 7) is 2.51. The molecule has 144 valence electrons. The van der Waals surface area contributed by atoms with E-state index in [1.807, 2.05) is 6.92 Å². The van der Waals surface area contributed by atoms with E-state index in [4.69, 9.17) is 4.74 Å². The lowest BCUT2D eigenvalue weighted by Crippen LogP contribution is -2.28. The molecule has 3 rings (SSSR count). The van der Waals surface area contributed by atoms with E-state index < -0.39 is 23.0 Å². The van der Waals surface area contributed by atoms with Gasteiger partial charge in [-0.2, -0.15) is 13.2 Å². The first-order valence-electron chi connectivity index (χ1n) is 8.02. The van der Waals surface area contributed by atoms with Gasteiger partial charge in [-0.1, -0.05) is 11.3 Å². The molecule has 0 spiro atoms. The minimum Gasteiger partial charge on any atom is -0.494 e. The van der Waals surface area contributed by atoms with E-state index in [1.165, 1.54) is 4.90 Å². The first-order valence-corrected chi connectivity index (χ1v) is 8.84. The van der Waals surface area contributed by atoms with Crippen molar-refractivity contribution in [2.75, 3.05) is 23.4 Å². The smallest absolute Gasteiger partial charge is 0.445 e. The molecule has 1 saturated heterocycles. The summed E-state index contributed by atoms with van der Waals surface area (Å²) in [4.78, 5) is 26.0. The predicted molar refractivity (Wildman–Crippen MR) is 91.6 cm³/mol. The van der Waals surface area contributed by atoms with E-state index in [9.17, 15) is 22.8 Å². The van der Waals surface area contributed by atoms with Crippen LogP contribution in [0, 0.1) is 5.92 Å². The zero-order valence-corrected chi connectivity index (χ0v) is 14.9. The maximum Gasteiger partial charge on any atom is 0.445 e. The van der Waals surface area contributed by atoms with E-state index in [-0.39, 0.29) is 35.3 Å². The van der Waals surface area contributed by atoms with E-state index in [0.717, 1.165) is 0 Å². The second kappa shape index (κ2) is 7.51. The number of hydrogen-bond acceptors (Lipinski definition) is 6. The van der Waals surface area contributed by atoms with Crippen LogP contribution >= 0.6 is 11.3 Å². The number of ether oxygens (including phenoxy) is 1. The molecule has 1 atom stereocenters. The number of alkyl halides is 3. The normalized spacial score (nSPS) is 17.3. The lowest BCUT2D eigenvalue weighted by Gasteiger charge is -2.17. The standard InChI is InChI=1S/C16H15F3N4O3S/c1-2-26-11-5-3-10(4-6-11)23-8-9(7-12(23)24)13(25)20-15-22-21-14(27-15)16(17,18)19/h3-6,9H,2,7-8H2,1H3,(H,20,22,25)/t9-/m0/s1. The van der Waals surface area contributed by atoms with Gasteiger partial charge in [0.2, 0.25) is 22.0 Å². The van der Waals surface area contributed by atoms with Crippen molar-refractivity contribution in [1.82, 2.24) is 10.2 Å². The van der Waals surface area contributed by atoms with E-state index in [0.29, 0.717) is 18.0 Å². The molecule has 1 aromatic carbocycles. The van der Waals surface area contributed by atoms with Gasteiger partial charge >= 0.3 is 6.18 Å². The third-order valence-electron chi connectivity index (χ3n) is 3.85. The van der Waals surface area contributed by atoms with E-state index in [1.54, 1.807) is 24.3 Å². The Hall–Kier alpha value is -2.69. The van der Waals surface area contributed by atoms with Gasteiger partial charge in [0.25, 0.3) is 0 Å². The number of anilines is 2. The Balaban J connectivity index is 1.64. The average Bonchev–Trinajstić information content (AvgIpc) is 3.22. The van der Waals surface area contributed by atoms with Crippen LogP contribution in [0.2, 0.25) is 0 Å². The highest BCUT2D eigenvalue weighted by Gasteiger charge is 2.38. The largest absolute Gasteiger partial charge is 0.494 e. The van der Waals surface area contributed by atoms with Crippen molar-refractivity contribution in [2.45, 2.75) is 19.5 Å². The van der Waals surface area contributed by atoms with Crippen molar-refractivity contribution in [3.63, 3.8) is 0 Å². The fraction of sp³-hybridized carbons (Fsp3) is 0.375. The Morgan fingerprint density at radius 2 is 2.04 bits per heavy atom. The Bertz CT molecular complexity index is 838. The molecule has 27 heavy (non-hydrogen) atoms. The fourth-order valence-electron chi connectivity index (χ4n) is 2.62. The van der Waals surface area contributed by atoms with Gasteiger partial charge < -0.3 is 15.0 Å². The Labute approximate surface area is 156 Å². The Morgan fingerprint density at radius 1 is 1.33 bits per heavy atom. The summed E-state index contributed by atoms with van der Waals surface area (Å²) in [6, 6.07) is 6.87. The van der Waals surface area contributed by atoms with Crippen molar-refractivity contribution in [1.29, 1.82) is 0 Å². The molecule has 2 aromatic rings. The molecule has 1 N–H and O–H groups in total. The lowest BCUT2D eigenvalue weighted by molar-refractivity contribution is -0.138. The quantitative estimate of drug-likeness (QED) is 0.834. The van der Waals surface area contributed by atoms with Crippen molar-refractivity contribution < 1.29 is 27.5 Å². The van der Waals surface area contributed by atoms with Gasteiger partial charge in [-0.3, -0.25) is 9.59 Å². The van der Waals surface area contributed by atoms with Gasteiger partial charge in [0, 0.05) is 18.7 Å². The number of nitrogens with one attached hydrogen (secondary N) is 1. The molecule has 11 heteroatoms. The zero-order valence-electron chi connectivity index (χ0n) is 14.1. The highest BCUT2D eigenvalue weighted by atomic mass is 32.1. The SMILES string of the molecule is CCOc1ccc(N2C[C@@H](C(=O)Nc3nnc(C(F)(F)F)s3)CC2=O)cc1. The summed E-state index contributed by atoms with van der Waals surface area (Å²) in [5.41, 5.74) is 0.619. The first kappa shape index (κ1) is 19.1. The number of amides is 2. The van der Waals surface area contributed by atoms with Crippen LogP contribution in [0.1, 0.15) is 18.4 Å². The number of carbonyl (C=O) groups excluding carboxylic acids is 2. The van der Waals surface area contributed by atoms with Crippen LogP contribution in [0.3, 0.4) is 0 Å². The second-order valence-corrected chi connectivity index (χ2v) is 6.71. The van der Waals surface area contributed by atoms with Gasteiger partial charge in [0.1, 0.15) is 5.75 Å². The fourth-order valence-corrected chi connectivity index (χ4v) is 3.23. The molecule has 0 radical (unpaired) electrons. The van der Waals surface area contributed by atoms with Gasteiger partial charge in [0.15, 0.2) is 0 Å².